The molecule has 0 fully saturated rings. The van der Waals surface area contributed by atoms with E-state index in [1.807, 2.05) is 36.4 Å². The Labute approximate surface area is 256 Å². The summed E-state index contributed by atoms with van der Waals surface area (Å²) in [4.78, 5) is 32.0. The van der Waals surface area contributed by atoms with Crippen molar-refractivity contribution in [3.05, 3.63) is 89.6 Å². The van der Waals surface area contributed by atoms with Crippen LogP contribution in [-0.4, -0.2) is 28.3 Å². The molecular formula is C37H45N3O3. The molecular weight excluding hydrogens is 534 g/mol. The fourth-order valence-corrected chi connectivity index (χ4v) is 4.85. The van der Waals surface area contributed by atoms with Gasteiger partial charge in [0.05, 0.1) is 18.5 Å². The molecule has 0 spiro atoms. The van der Waals surface area contributed by atoms with Crippen molar-refractivity contribution in [1.82, 2.24) is 9.97 Å². The van der Waals surface area contributed by atoms with E-state index in [1.165, 1.54) is 11.1 Å². The van der Waals surface area contributed by atoms with Crippen LogP contribution in [0.3, 0.4) is 0 Å². The molecule has 0 radical (unpaired) electrons. The number of carbonyl (C=O) groups is 2. The standard InChI is InChI=1S/C37H45N3O3/c1-8-36(4,5)29-18-21-33(31(23-29)37(6,7)9-2)43-22-10-11-34(42)39-30-19-16-27(17-20-30)32-24-38-35(40-32)28-14-12-26(13-15-28)25(3)41/h12-21,23-24H,8-11,22H2,1-7H3,(H,38,40)(H,39,42). The van der Waals surface area contributed by atoms with E-state index in [2.05, 4.69) is 75.0 Å². The predicted molar refractivity (Wildman–Crippen MR) is 176 cm³/mol. The highest BCUT2D eigenvalue weighted by Crippen LogP contribution is 2.38. The first kappa shape index (κ1) is 31.7. The topological polar surface area (TPSA) is 84.1 Å². The molecule has 4 rings (SSSR count). The molecule has 0 bridgehead atoms. The van der Waals surface area contributed by atoms with Gasteiger partial charge in [0, 0.05) is 28.8 Å². The minimum atomic E-state index is -0.0386. The summed E-state index contributed by atoms with van der Waals surface area (Å²) in [7, 11) is 0. The van der Waals surface area contributed by atoms with Gasteiger partial charge >= 0.3 is 0 Å². The number of benzene rings is 3. The largest absolute Gasteiger partial charge is 0.493 e. The second kappa shape index (κ2) is 13.4. The van der Waals surface area contributed by atoms with Gasteiger partial charge in [-0.3, -0.25) is 9.59 Å². The number of hydrogen-bond acceptors (Lipinski definition) is 4. The molecule has 2 N–H and O–H groups in total. The summed E-state index contributed by atoms with van der Waals surface area (Å²) < 4.78 is 6.24. The number of anilines is 1. The normalized spacial score (nSPS) is 11.8. The third kappa shape index (κ3) is 7.81. The van der Waals surface area contributed by atoms with E-state index >= 15 is 0 Å². The van der Waals surface area contributed by atoms with E-state index in [9.17, 15) is 9.59 Å². The van der Waals surface area contributed by atoms with Crippen molar-refractivity contribution in [1.29, 1.82) is 0 Å². The van der Waals surface area contributed by atoms with Crippen LogP contribution in [0.1, 0.15) is 95.6 Å². The molecule has 1 aromatic heterocycles. The number of amides is 1. The Bertz CT molecular complexity index is 1550. The van der Waals surface area contributed by atoms with Crippen LogP contribution in [-0.2, 0) is 15.6 Å². The van der Waals surface area contributed by atoms with Gasteiger partial charge in [0.15, 0.2) is 5.78 Å². The fraction of sp³-hybridized carbons (Fsp3) is 0.378. The van der Waals surface area contributed by atoms with Crippen LogP contribution in [0.5, 0.6) is 5.75 Å². The van der Waals surface area contributed by atoms with Crippen LogP contribution >= 0.6 is 0 Å². The molecule has 1 amide bonds. The van der Waals surface area contributed by atoms with Crippen LogP contribution in [0.25, 0.3) is 22.6 Å². The molecule has 0 saturated carbocycles. The lowest BCUT2D eigenvalue weighted by Gasteiger charge is -2.30. The molecule has 4 aromatic rings. The van der Waals surface area contributed by atoms with Crippen molar-refractivity contribution in [3.63, 3.8) is 0 Å². The molecule has 6 heteroatoms. The van der Waals surface area contributed by atoms with Gasteiger partial charge in [-0.25, -0.2) is 4.98 Å². The number of hydrogen-bond donors (Lipinski definition) is 2. The summed E-state index contributed by atoms with van der Waals surface area (Å²) in [6.07, 6.45) is 4.87. The van der Waals surface area contributed by atoms with Crippen molar-refractivity contribution < 1.29 is 14.3 Å². The number of imidazole rings is 1. The van der Waals surface area contributed by atoms with Crippen molar-refractivity contribution in [2.75, 3.05) is 11.9 Å². The zero-order chi connectivity index (χ0) is 31.2. The monoisotopic (exact) mass is 579 g/mol. The molecule has 0 aliphatic heterocycles. The highest BCUT2D eigenvalue weighted by Gasteiger charge is 2.26. The molecule has 0 atom stereocenters. The molecule has 3 aromatic carbocycles. The summed E-state index contributed by atoms with van der Waals surface area (Å²) >= 11 is 0. The number of ether oxygens (including phenoxy) is 1. The SMILES string of the molecule is CCC(C)(C)c1ccc(OCCCC(=O)Nc2ccc(-c3cnc(-c4ccc(C(C)=O)cc4)[nH]3)cc2)c(C(C)(C)CC)c1. The quantitative estimate of drug-likeness (QED) is 0.122. The molecule has 226 valence electrons. The lowest BCUT2D eigenvalue weighted by molar-refractivity contribution is -0.116. The zero-order valence-electron chi connectivity index (χ0n) is 26.6. The Balaban J connectivity index is 1.30. The Hall–Kier alpha value is -4.19. The van der Waals surface area contributed by atoms with E-state index in [-0.39, 0.29) is 22.5 Å². The van der Waals surface area contributed by atoms with E-state index in [4.69, 9.17) is 4.74 Å². The van der Waals surface area contributed by atoms with Crippen LogP contribution in [0, 0.1) is 0 Å². The third-order valence-corrected chi connectivity index (χ3v) is 8.68. The van der Waals surface area contributed by atoms with Crippen LogP contribution in [0.2, 0.25) is 0 Å². The molecule has 43 heavy (non-hydrogen) atoms. The lowest BCUT2D eigenvalue weighted by atomic mass is 9.76. The Kier molecular flexibility index (Phi) is 9.90. The number of H-pyrrole nitrogens is 1. The Morgan fingerprint density at radius 3 is 2.14 bits per heavy atom. The maximum atomic E-state index is 12.7. The number of aromatic nitrogens is 2. The van der Waals surface area contributed by atoms with Gasteiger partial charge in [-0.05, 0) is 66.3 Å². The highest BCUT2D eigenvalue weighted by atomic mass is 16.5. The highest BCUT2D eigenvalue weighted by molar-refractivity contribution is 5.94. The van der Waals surface area contributed by atoms with Gasteiger partial charge in [0.1, 0.15) is 11.6 Å². The summed E-state index contributed by atoms with van der Waals surface area (Å²) in [6, 6.07) is 21.7. The number of carbonyl (C=O) groups excluding carboxylic acids is 2. The molecule has 1 heterocycles. The molecule has 0 saturated heterocycles. The average Bonchev–Trinajstić information content (AvgIpc) is 3.50. The predicted octanol–water partition coefficient (Wildman–Crippen LogP) is 9.12. The van der Waals surface area contributed by atoms with Crippen LogP contribution in [0.4, 0.5) is 5.69 Å². The van der Waals surface area contributed by atoms with Crippen molar-refractivity contribution in [2.45, 2.75) is 85.0 Å². The number of rotatable bonds is 13. The van der Waals surface area contributed by atoms with Gasteiger partial charge in [-0.1, -0.05) is 90.1 Å². The third-order valence-electron chi connectivity index (χ3n) is 8.68. The zero-order valence-corrected chi connectivity index (χ0v) is 26.6. The first-order chi connectivity index (χ1) is 20.4. The van der Waals surface area contributed by atoms with Crippen LogP contribution < -0.4 is 10.1 Å². The maximum absolute atomic E-state index is 12.7. The Morgan fingerprint density at radius 1 is 0.860 bits per heavy atom. The van der Waals surface area contributed by atoms with E-state index in [0.29, 0.717) is 25.0 Å². The first-order valence-corrected chi connectivity index (χ1v) is 15.3. The first-order valence-electron chi connectivity index (χ1n) is 15.3. The van der Waals surface area contributed by atoms with Crippen molar-refractivity contribution in [2.24, 2.45) is 0 Å². The summed E-state index contributed by atoms with van der Waals surface area (Å²) in [5.74, 6) is 1.64. The second-order valence-electron chi connectivity index (χ2n) is 12.5. The smallest absolute Gasteiger partial charge is 0.224 e. The average molecular weight is 580 g/mol. The van der Waals surface area contributed by atoms with Gasteiger partial charge in [-0.15, -0.1) is 0 Å². The van der Waals surface area contributed by atoms with Gasteiger partial charge in [-0.2, -0.15) is 0 Å². The minimum absolute atomic E-state index is 0.00163. The van der Waals surface area contributed by atoms with E-state index in [1.54, 1.807) is 25.3 Å². The minimum Gasteiger partial charge on any atom is -0.493 e. The number of nitrogens with zero attached hydrogens (tertiary/aromatic N) is 1. The molecule has 0 unspecified atom stereocenters. The van der Waals surface area contributed by atoms with Gasteiger partial charge < -0.3 is 15.0 Å². The second-order valence-corrected chi connectivity index (χ2v) is 12.5. The van der Waals surface area contributed by atoms with Crippen LogP contribution in [0.15, 0.2) is 72.9 Å². The van der Waals surface area contributed by atoms with Crippen molar-refractivity contribution in [3.8, 4) is 28.4 Å². The molecule has 0 aliphatic rings. The van der Waals surface area contributed by atoms with Gasteiger partial charge in [0.25, 0.3) is 0 Å². The lowest BCUT2D eigenvalue weighted by Crippen LogP contribution is -2.21. The number of aromatic amines is 1. The maximum Gasteiger partial charge on any atom is 0.224 e. The van der Waals surface area contributed by atoms with Crippen molar-refractivity contribution >= 4 is 17.4 Å². The number of nitrogens with one attached hydrogen (secondary N) is 2. The molecule has 6 nitrogen and oxygen atoms in total. The summed E-state index contributed by atoms with van der Waals surface area (Å²) in [5, 5.41) is 2.99. The van der Waals surface area contributed by atoms with E-state index < -0.39 is 0 Å². The van der Waals surface area contributed by atoms with Gasteiger partial charge in [0.2, 0.25) is 5.91 Å². The number of ketones is 1. The molecule has 0 aliphatic carbocycles. The van der Waals surface area contributed by atoms with E-state index in [0.717, 1.165) is 46.9 Å². The Morgan fingerprint density at radius 2 is 1.51 bits per heavy atom. The fourth-order valence-electron chi connectivity index (χ4n) is 4.85. The number of Topliss-reactive ketones (excluding diaryl/α,β-unsaturated/α-hetero) is 1. The summed E-state index contributed by atoms with van der Waals surface area (Å²) in [6.45, 7) is 15.6. The summed E-state index contributed by atoms with van der Waals surface area (Å²) in [5.41, 5.74) is 6.83.